The summed E-state index contributed by atoms with van der Waals surface area (Å²) in [5.41, 5.74) is 0.562. The minimum absolute atomic E-state index is 0.0590. The number of carboxylic acid groups (broad SMARTS) is 1. The van der Waals surface area contributed by atoms with Gasteiger partial charge in [-0.05, 0) is 25.1 Å². The van der Waals surface area contributed by atoms with Crippen LogP contribution >= 0.6 is 0 Å². The van der Waals surface area contributed by atoms with Crippen LogP contribution in [0.1, 0.15) is 12.6 Å². The zero-order valence-electron chi connectivity index (χ0n) is 17.4. The SMILES string of the molecule is COc1c(S(=O)(=O)N2CC(CNC(C)=O)Oc3ccc(NC(=O)O)cc32)c(C)nn1C. The van der Waals surface area contributed by atoms with Crippen LogP contribution in [0.2, 0.25) is 0 Å². The topological polar surface area (TPSA) is 152 Å². The molecular weight excluding hydrogens is 430 g/mol. The molecule has 0 fully saturated rings. The number of methoxy groups -OCH3 is 1. The summed E-state index contributed by atoms with van der Waals surface area (Å²) in [7, 11) is -1.28. The highest BCUT2D eigenvalue weighted by atomic mass is 32.2. The molecule has 3 rings (SSSR count). The minimum Gasteiger partial charge on any atom is -0.484 e. The zero-order valence-corrected chi connectivity index (χ0v) is 18.2. The maximum Gasteiger partial charge on any atom is 0.409 e. The number of rotatable bonds is 6. The molecule has 13 heteroatoms. The quantitative estimate of drug-likeness (QED) is 0.584. The van der Waals surface area contributed by atoms with Crippen molar-refractivity contribution in [1.82, 2.24) is 15.1 Å². The molecule has 0 saturated heterocycles. The van der Waals surface area contributed by atoms with Crippen molar-refractivity contribution in [3.8, 4) is 11.6 Å². The molecule has 0 radical (unpaired) electrons. The standard InChI is InChI=1S/C18H23N5O7S/c1-10-16(17(29-4)22(3)21-10)31(27,28)23-9-13(8-19-11(2)24)30-15-6-5-12(7-14(15)23)20-18(25)26/h5-7,13,20H,8-9H2,1-4H3,(H,19,24)(H,25,26). The highest BCUT2D eigenvalue weighted by Gasteiger charge is 2.39. The monoisotopic (exact) mass is 453 g/mol. The third kappa shape index (κ3) is 4.35. The molecule has 168 valence electrons. The second-order valence-electron chi connectivity index (χ2n) is 6.87. The van der Waals surface area contributed by atoms with Crippen molar-refractivity contribution in [2.75, 3.05) is 29.8 Å². The molecule has 0 spiro atoms. The molecule has 3 N–H and O–H groups in total. The Labute approximate surface area is 178 Å². The van der Waals surface area contributed by atoms with Gasteiger partial charge < -0.3 is 19.9 Å². The van der Waals surface area contributed by atoms with Crippen molar-refractivity contribution in [3.05, 3.63) is 23.9 Å². The first kappa shape index (κ1) is 22.2. The number of amides is 2. The number of carbonyl (C=O) groups is 2. The summed E-state index contributed by atoms with van der Waals surface area (Å²) in [6, 6.07) is 4.29. The number of benzene rings is 1. The number of aryl methyl sites for hydroxylation is 2. The molecule has 2 heterocycles. The Bertz CT molecular complexity index is 1130. The molecular formula is C18H23N5O7S. The van der Waals surface area contributed by atoms with E-state index in [0.29, 0.717) is 0 Å². The Balaban J connectivity index is 2.12. The Kier molecular flexibility index (Phi) is 5.97. The van der Waals surface area contributed by atoms with Crippen LogP contribution in [-0.4, -0.2) is 61.6 Å². The van der Waals surface area contributed by atoms with Gasteiger partial charge in [-0.25, -0.2) is 17.9 Å². The molecule has 2 amide bonds. The van der Waals surface area contributed by atoms with E-state index in [4.69, 9.17) is 14.6 Å². The van der Waals surface area contributed by atoms with Crippen molar-refractivity contribution in [3.63, 3.8) is 0 Å². The molecule has 1 aromatic heterocycles. The number of anilines is 2. The Hall–Kier alpha value is -3.48. The molecule has 1 atom stereocenters. The van der Waals surface area contributed by atoms with Gasteiger partial charge in [-0.1, -0.05) is 0 Å². The molecule has 0 bridgehead atoms. The molecule has 1 aromatic carbocycles. The van der Waals surface area contributed by atoms with Crippen LogP contribution in [0.3, 0.4) is 0 Å². The zero-order chi connectivity index (χ0) is 22.9. The number of carbonyl (C=O) groups excluding carboxylic acids is 1. The fraction of sp³-hybridized carbons (Fsp3) is 0.389. The van der Waals surface area contributed by atoms with Gasteiger partial charge in [0.25, 0.3) is 10.0 Å². The summed E-state index contributed by atoms with van der Waals surface area (Å²) in [6.45, 7) is 2.86. The van der Waals surface area contributed by atoms with E-state index in [9.17, 15) is 18.0 Å². The maximum atomic E-state index is 13.7. The van der Waals surface area contributed by atoms with E-state index in [0.717, 1.165) is 4.31 Å². The number of ether oxygens (including phenoxy) is 2. The first-order chi connectivity index (χ1) is 14.5. The highest BCUT2D eigenvalue weighted by Crippen LogP contribution is 2.41. The molecule has 1 aliphatic heterocycles. The third-order valence-electron chi connectivity index (χ3n) is 4.58. The normalized spacial score (nSPS) is 15.6. The predicted molar refractivity (Wildman–Crippen MR) is 110 cm³/mol. The largest absolute Gasteiger partial charge is 0.484 e. The number of fused-ring (bicyclic) bond motifs is 1. The van der Waals surface area contributed by atoms with E-state index in [2.05, 4.69) is 15.7 Å². The molecule has 31 heavy (non-hydrogen) atoms. The van der Waals surface area contributed by atoms with Crippen LogP contribution in [0, 0.1) is 6.92 Å². The number of hydrogen-bond acceptors (Lipinski definition) is 7. The fourth-order valence-electron chi connectivity index (χ4n) is 3.35. The van der Waals surface area contributed by atoms with Crippen LogP contribution in [0.4, 0.5) is 16.2 Å². The van der Waals surface area contributed by atoms with Crippen LogP contribution in [0.25, 0.3) is 0 Å². The lowest BCUT2D eigenvalue weighted by molar-refractivity contribution is -0.119. The summed E-state index contributed by atoms with van der Waals surface area (Å²) in [6.07, 6.45) is -1.97. The highest BCUT2D eigenvalue weighted by molar-refractivity contribution is 7.93. The van der Waals surface area contributed by atoms with E-state index in [-0.39, 0.29) is 52.6 Å². The van der Waals surface area contributed by atoms with Gasteiger partial charge in [-0.3, -0.25) is 14.4 Å². The molecule has 0 aliphatic carbocycles. The van der Waals surface area contributed by atoms with Crippen LogP contribution in [-0.2, 0) is 21.9 Å². The number of aromatic nitrogens is 2. The van der Waals surface area contributed by atoms with Gasteiger partial charge in [-0.15, -0.1) is 0 Å². The fourth-order valence-corrected chi connectivity index (χ4v) is 5.19. The summed E-state index contributed by atoms with van der Waals surface area (Å²) >= 11 is 0. The summed E-state index contributed by atoms with van der Waals surface area (Å²) < 4.78 is 40.9. The average molecular weight is 453 g/mol. The Morgan fingerprint density at radius 2 is 2.10 bits per heavy atom. The average Bonchev–Trinajstić information content (AvgIpc) is 2.98. The molecule has 1 aliphatic rings. The van der Waals surface area contributed by atoms with Gasteiger partial charge in [0.15, 0.2) is 4.90 Å². The minimum atomic E-state index is -4.19. The van der Waals surface area contributed by atoms with Gasteiger partial charge in [0.1, 0.15) is 11.9 Å². The smallest absolute Gasteiger partial charge is 0.409 e. The summed E-state index contributed by atoms with van der Waals surface area (Å²) in [5.74, 6) is -0.0000207. The summed E-state index contributed by atoms with van der Waals surface area (Å²) in [4.78, 5) is 22.2. The van der Waals surface area contributed by atoms with E-state index < -0.39 is 22.2 Å². The van der Waals surface area contributed by atoms with Gasteiger partial charge in [0, 0.05) is 19.7 Å². The second-order valence-corrected chi connectivity index (χ2v) is 8.67. The number of nitrogens with zero attached hydrogens (tertiary/aromatic N) is 3. The lowest BCUT2D eigenvalue weighted by Crippen LogP contribution is -2.48. The van der Waals surface area contributed by atoms with Crippen LogP contribution < -0.4 is 24.4 Å². The lowest BCUT2D eigenvalue weighted by atomic mass is 10.2. The Morgan fingerprint density at radius 1 is 1.39 bits per heavy atom. The maximum absolute atomic E-state index is 13.7. The van der Waals surface area contributed by atoms with Crippen molar-refractivity contribution in [1.29, 1.82) is 0 Å². The van der Waals surface area contributed by atoms with Crippen molar-refractivity contribution >= 4 is 33.4 Å². The van der Waals surface area contributed by atoms with E-state index in [1.54, 1.807) is 14.0 Å². The summed E-state index contributed by atoms with van der Waals surface area (Å²) in [5, 5.41) is 18.0. The van der Waals surface area contributed by atoms with E-state index in [1.165, 1.54) is 36.9 Å². The number of nitrogens with one attached hydrogen (secondary N) is 2. The van der Waals surface area contributed by atoms with Crippen LogP contribution in [0.15, 0.2) is 23.1 Å². The van der Waals surface area contributed by atoms with Crippen LogP contribution in [0.5, 0.6) is 11.6 Å². The predicted octanol–water partition coefficient (Wildman–Crippen LogP) is 0.919. The third-order valence-corrected chi connectivity index (χ3v) is 6.49. The molecule has 0 saturated carbocycles. The number of sulfonamides is 1. The van der Waals surface area contributed by atoms with E-state index in [1.807, 2.05) is 0 Å². The van der Waals surface area contributed by atoms with Gasteiger partial charge in [0.2, 0.25) is 11.8 Å². The van der Waals surface area contributed by atoms with E-state index >= 15 is 0 Å². The Morgan fingerprint density at radius 3 is 2.71 bits per heavy atom. The van der Waals surface area contributed by atoms with Crippen molar-refractivity contribution in [2.24, 2.45) is 7.05 Å². The second kappa shape index (κ2) is 8.34. The molecule has 12 nitrogen and oxygen atoms in total. The van der Waals surface area contributed by atoms with Gasteiger partial charge in [0.05, 0.1) is 31.6 Å². The van der Waals surface area contributed by atoms with Crippen molar-refractivity contribution in [2.45, 2.75) is 24.8 Å². The van der Waals surface area contributed by atoms with Crippen molar-refractivity contribution < 1.29 is 32.6 Å². The number of hydrogen-bond donors (Lipinski definition) is 3. The lowest BCUT2D eigenvalue weighted by Gasteiger charge is -2.35. The molecule has 2 aromatic rings. The van der Waals surface area contributed by atoms with Gasteiger partial charge >= 0.3 is 6.09 Å². The van der Waals surface area contributed by atoms with Gasteiger partial charge in [-0.2, -0.15) is 5.10 Å². The molecule has 1 unspecified atom stereocenters. The first-order valence-corrected chi connectivity index (χ1v) is 10.6. The first-order valence-electron chi connectivity index (χ1n) is 9.20.